The van der Waals surface area contributed by atoms with Crippen molar-refractivity contribution in [3.63, 3.8) is 0 Å². The number of fused-ring (bicyclic) bond motifs is 1. The van der Waals surface area contributed by atoms with Gasteiger partial charge in [-0.05, 0) is 18.2 Å². The van der Waals surface area contributed by atoms with Gasteiger partial charge < -0.3 is 4.74 Å². The molecule has 0 saturated heterocycles. The van der Waals surface area contributed by atoms with Crippen molar-refractivity contribution in [1.82, 2.24) is 0 Å². The highest BCUT2D eigenvalue weighted by molar-refractivity contribution is 9.10. The number of hydrogen-bond acceptors (Lipinski definition) is 2. The van der Waals surface area contributed by atoms with Crippen LogP contribution in [0.2, 0.25) is 0 Å². The average Bonchev–Trinajstić information content (AvgIpc) is 2.03. The Morgan fingerprint density at radius 2 is 2.25 bits per heavy atom. The summed E-state index contributed by atoms with van der Waals surface area (Å²) in [6.07, 6.45) is 2.54. The molecule has 0 unspecified atom stereocenters. The van der Waals surface area contributed by atoms with Crippen LogP contribution in [0.15, 0.2) is 33.8 Å². The summed E-state index contributed by atoms with van der Waals surface area (Å²) in [6, 6.07) is 5.98. The standard InChI is InChI=1S/C9H7BrOS/c10-7-1-2-9-6(3-7)4-8(12)5-11-9/h1-3,5,12H,4H2. The second kappa shape index (κ2) is 3.15. The number of ether oxygens (including phenoxy) is 1. The normalized spacial score (nSPS) is 14.7. The van der Waals surface area contributed by atoms with E-state index in [1.54, 1.807) is 6.26 Å². The molecule has 0 saturated carbocycles. The van der Waals surface area contributed by atoms with Gasteiger partial charge in [0.1, 0.15) is 12.0 Å². The van der Waals surface area contributed by atoms with E-state index in [4.69, 9.17) is 4.74 Å². The Balaban J connectivity index is 2.43. The van der Waals surface area contributed by atoms with Crippen molar-refractivity contribution >= 4 is 28.6 Å². The molecule has 12 heavy (non-hydrogen) atoms. The first-order chi connectivity index (χ1) is 5.75. The van der Waals surface area contributed by atoms with Gasteiger partial charge in [-0.1, -0.05) is 15.9 Å². The van der Waals surface area contributed by atoms with E-state index in [0.717, 1.165) is 21.5 Å². The van der Waals surface area contributed by atoms with Crippen LogP contribution in [0.1, 0.15) is 5.56 Å². The van der Waals surface area contributed by atoms with Gasteiger partial charge in [0, 0.05) is 21.4 Å². The summed E-state index contributed by atoms with van der Waals surface area (Å²) in [5.74, 6) is 0.927. The highest BCUT2D eigenvalue weighted by atomic mass is 79.9. The SMILES string of the molecule is SC1=COc2ccc(Br)cc2C1. The predicted octanol–water partition coefficient (Wildman–Crippen LogP) is 3.16. The second-order valence-electron chi connectivity index (χ2n) is 2.66. The Bertz CT molecular complexity index is 346. The Kier molecular flexibility index (Phi) is 2.15. The minimum Gasteiger partial charge on any atom is -0.464 e. The van der Waals surface area contributed by atoms with Crippen molar-refractivity contribution in [3.05, 3.63) is 39.4 Å². The third-order valence-electron chi connectivity index (χ3n) is 1.72. The molecule has 0 N–H and O–H groups in total. The molecule has 0 fully saturated rings. The summed E-state index contributed by atoms with van der Waals surface area (Å²) in [4.78, 5) is 0.959. The molecule has 1 aliphatic heterocycles. The molecular formula is C9H7BrOS. The molecule has 0 aliphatic carbocycles. The Labute approximate surface area is 85.0 Å². The highest BCUT2D eigenvalue weighted by Gasteiger charge is 2.09. The van der Waals surface area contributed by atoms with Gasteiger partial charge in [0.05, 0.1) is 0 Å². The van der Waals surface area contributed by atoms with Gasteiger partial charge in [0.2, 0.25) is 0 Å². The molecule has 1 aromatic rings. The van der Waals surface area contributed by atoms with Crippen molar-refractivity contribution in [2.24, 2.45) is 0 Å². The van der Waals surface area contributed by atoms with Gasteiger partial charge in [0.25, 0.3) is 0 Å². The summed E-state index contributed by atoms with van der Waals surface area (Å²) in [7, 11) is 0. The maximum absolute atomic E-state index is 5.33. The first-order valence-corrected chi connectivity index (χ1v) is 4.83. The molecule has 0 bridgehead atoms. The van der Waals surface area contributed by atoms with Crippen molar-refractivity contribution in [2.45, 2.75) is 6.42 Å². The van der Waals surface area contributed by atoms with E-state index in [1.165, 1.54) is 5.56 Å². The summed E-state index contributed by atoms with van der Waals surface area (Å²) < 4.78 is 6.41. The molecular weight excluding hydrogens is 236 g/mol. The zero-order chi connectivity index (χ0) is 8.55. The molecule has 0 atom stereocenters. The molecule has 1 heterocycles. The van der Waals surface area contributed by atoms with Crippen LogP contribution in [0, 0.1) is 0 Å². The fourth-order valence-corrected chi connectivity index (χ4v) is 1.80. The Morgan fingerprint density at radius 1 is 1.42 bits per heavy atom. The second-order valence-corrected chi connectivity index (χ2v) is 4.15. The van der Waals surface area contributed by atoms with Crippen molar-refractivity contribution in [1.29, 1.82) is 0 Å². The number of hydrogen-bond donors (Lipinski definition) is 1. The molecule has 1 aliphatic rings. The first-order valence-electron chi connectivity index (χ1n) is 3.59. The lowest BCUT2D eigenvalue weighted by Crippen LogP contribution is -1.99. The molecule has 3 heteroatoms. The molecule has 0 amide bonds. The average molecular weight is 243 g/mol. The van der Waals surface area contributed by atoms with Crippen LogP contribution >= 0.6 is 28.6 Å². The number of rotatable bonds is 0. The molecule has 0 radical (unpaired) electrons. The lowest BCUT2D eigenvalue weighted by atomic mass is 10.1. The van der Waals surface area contributed by atoms with Crippen LogP contribution in [0.4, 0.5) is 0 Å². The zero-order valence-corrected chi connectivity index (χ0v) is 8.73. The quantitative estimate of drug-likeness (QED) is 0.688. The lowest BCUT2D eigenvalue weighted by molar-refractivity contribution is 0.462. The van der Waals surface area contributed by atoms with Crippen LogP contribution < -0.4 is 4.74 Å². The fraction of sp³-hybridized carbons (Fsp3) is 0.111. The predicted molar refractivity (Wildman–Crippen MR) is 55.5 cm³/mol. The van der Waals surface area contributed by atoms with Crippen LogP contribution in [0.25, 0.3) is 0 Å². The van der Waals surface area contributed by atoms with E-state index in [1.807, 2.05) is 12.1 Å². The summed E-state index contributed by atoms with van der Waals surface area (Å²) in [6.45, 7) is 0. The van der Waals surface area contributed by atoms with E-state index in [0.29, 0.717) is 0 Å². The maximum atomic E-state index is 5.33. The molecule has 1 nitrogen and oxygen atoms in total. The van der Waals surface area contributed by atoms with E-state index < -0.39 is 0 Å². The van der Waals surface area contributed by atoms with Crippen LogP contribution in [0.5, 0.6) is 5.75 Å². The van der Waals surface area contributed by atoms with Crippen molar-refractivity contribution in [2.75, 3.05) is 0 Å². The summed E-state index contributed by atoms with van der Waals surface area (Å²) >= 11 is 7.65. The number of thiol groups is 1. The van der Waals surface area contributed by atoms with E-state index in [-0.39, 0.29) is 0 Å². The number of benzene rings is 1. The van der Waals surface area contributed by atoms with Crippen molar-refractivity contribution < 1.29 is 4.74 Å². The summed E-state index contributed by atoms with van der Waals surface area (Å²) in [5, 5.41) is 0. The third-order valence-corrected chi connectivity index (χ3v) is 2.47. The fourth-order valence-electron chi connectivity index (χ4n) is 1.17. The Hall–Kier alpha value is -0.410. The number of halogens is 1. The van der Waals surface area contributed by atoms with Gasteiger partial charge >= 0.3 is 0 Å². The molecule has 0 spiro atoms. The smallest absolute Gasteiger partial charge is 0.130 e. The van der Waals surface area contributed by atoms with Crippen molar-refractivity contribution in [3.8, 4) is 5.75 Å². The van der Waals surface area contributed by atoms with Gasteiger partial charge in [0.15, 0.2) is 0 Å². The molecule has 1 aromatic carbocycles. The van der Waals surface area contributed by atoms with Crippen LogP contribution in [-0.2, 0) is 6.42 Å². The van der Waals surface area contributed by atoms with E-state index in [2.05, 4.69) is 34.6 Å². The number of allylic oxidation sites excluding steroid dienone is 1. The molecule has 0 aromatic heterocycles. The van der Waals surface area contributed by atoms with Gasteiger partial charge in [-0.25, -0.2) is 0 Å². The lowest BCUT2D eigenvalue weighted by Gasteiger charge is -2.14. The zero-order valence-electron chi connectivity index (χ0n) is 6.25. The highest BCUT2D eigenvalue weighted by Crippen LogP contribution is 2.29. The minimum absolute atomic E-state index is 0.859. The summed E-state index contributed by atoms with van der Waals surface area (Å²) in [5.41, 5.74) is 1.18. The van der Waals surface area contributed by atoms with E-state index >= 15 is 0 Å². The Morgan fingerprint density at radius 3 is 3.08 bits per heavy atom. The van der Waals surface area contributed by atoms with Gasteiger partial charge in [-0.15, -0.1) is 12.6 Å². The van der Waals surface area contributed by atoms with Gasteiger partial charge in [-0.2, -0.15) is 0 Å². The van der Waals surface area contributed by atoms with E-state index in [9.17, 15) is 0 Å². The topological polar surface area (TPSA) is 9.23 Å². The monoisotopic (exact) mass is 242 g/mol. The van der Waals surface area contributed by atoms with Crippen LogP contribution in [-0.4, -0.2) is 0 Å². The first kappa shape index (κ1) is 8.20. The maximum Gasteiger partial charge on any atom is 0.130 e. The molecule has 2 rings (SSSR count). The minimum atomic E-state index is 0.859. The third kappa shape index (κ3) is 1.52. The largest absolute Gasteiger partial charge is 0.464 e. The van der Waals surface area contributed by atoms with Gasteiger partial charge in [-0.3, -0.25) is 0 Å². The molecule has 62 valence electrons. The van der Waals surface area contributed by atoms with Crippen LogP contribution in [0.3, 0.4) is 0 Å².